The van der Waals surface area contributed by atoms with Gasteiger partial charge >= 0.3 is 0 Å². The molecule has 0 spiro atoms. The molecule has 1 N–H and O–H groups in total. The van der Waals surface area contributed by atoms with E-state index in [1.54, 1.807) is 12.3 Å². The summed E-state index contributed by atoms with van der Waals surface area (Å²) in [6, 6.07) is 1.83. The van der Waals surface area contributed by atoms with Gasteiger partial charge in [-0.1, -0.05) is 0 Å². The number of nitrogens with one attached hydrogen (secondary N) is 1. The molecule has 1 aliphatic rings. The molecule has 1 aromatic rings. The van der Waals surface area contributed by atoms with Gasteiger partial charge in [0.1, 0.15) is 5.82 Å². The van der Waals surface area contributed by atoms with Crippen molar-refractivity contribution in [3.63, 3.8) is 0 Å². The van der Waals surface area contributed by atoms with Gasteiger partial charge in [0.2, 0.25) is 0 Å². The van der Waals surface area contributed by atoms with Crippen LogP contribution in [0.4, 0.5) is 4.39 Å². The van der Waals surface area contributed by atoms with E-state index in [4.69, 9.17) is 0 Å². The first-order valence-electron chi connectivity index (χ1n) is 4.86. The van der Waals surface area contributed by atoms with Gasteiger partial charge in [-0.2, -0.15) is 0 Å². The van der Waals surface area contributed by atoms with Crippen LogP contribution in [0.5, 0.6) is 0 Å². The van der Waals surface area contributed by atoms with Crippen molar-refractivity contribution in [3.05, 3.63) is 29.8 Å². The summed E-state index contributed by atoms with van der Waals surface area (Å²) < 4.78 is 13.0. The summed E-state index contributed by atoms with van der Waals surface area (Å²) in [5.74, 6) is -0.259. The van der Waals surface area contributed by atoms with E-state index in [1.165, 1.54) is 6.20 Å². The summed E-state index contributed by atoms with van der Waals surface area (Å²) in [6.07, 6.45) is 5.18. The molecule has 76 valence electrons. The maximum Gasteiger partial charge on any atom is 0.141 e. The third-order valence-corrected chi connectivity index (χ3v) is 2.65. The molecular formula is C10H14FN3. The number of rotatable bonds is 2. The van der Waals surface area contributed by atoms with Crippen molar-refractivity contribution < 1.29 is 4.39 Å². The fraction of sp³-hybridized carbons (Fsp3) is 0.500. The molecule has 0 bridgehead atoms. The predicted molar refractivity (Wildman–Crippen MR) is 51.9 cm³/mol. The van der Waals surface area contributed by atoms with Crippen LogP contribution in [-0.4, -0.2) is 23.6 Å². The van der Waals surface area contributed by atoms with Gasteiger partial charge in [0.25, 0.3) is 0 Å². The Balaban J connectivity index is 2.21. The van der Waals surface area contributed by atoms with Crippen molar-refractivity contribution in [2.75, 3.05) is 13.6 Å². The van der Waals surface area contributed by atoms with Gasteiger partial charge in [0.15, 0.2) is 0 Å². The fourth-order valence-corrected chi connectivity index (χ4v) is 1.99. The Kier molecular flexibility index (Phi) is 2.74. The molecule has 1 unspecified atom stereocenters. The van der Waals surface area contributed by atoms with Crippen LogP contribution in [0, 0.1) is 5.82 Å². The topological polar surface area (TPSA) is 28.2 Å². The Labute approximate surface area is 82.9 Å². The maximum atomic E-state index is 13.0. The molecule has 1 aliphatic heterocycles. The zero-order valence-corrected chi connectivity index (χ0v) is 8.20. The fourth-order valence-electron chi connectivity index (χ4n) is 1.99. The van der Waals surface area contributed by atoms with Crippen LogP contribution in [0.2, 0.25) is 0 Å². The zero-order chi connectivity index (χ0) is 9.97. The van der Waals surface area contributed by atoms with E-state index in [-0.39, 0.29) is 11.9 Å². The van der Waals surface area contributed by atoms with Gasteiger partial charge in [0.05, 0.1) is 12.2 Å². The summed E-state index contributed by atoms with van der Waals surface area (Å²) in [5, 5.41) is 2.12. The zero-order valence-electron chi connectivity index (χ0n) is 8.20. The van der Waals surface area contributed by atoms with E-state index in [0.717, 1.165) is 24.9 Å². The normalized spacial score (nSPS) is 22.9. The molecule has 14 heavy (non-hydrogen) atoms. The molecule has 0 aromatic carbocycles. The van der Waals surface area contributed by atoms with Gasteiger partial charge in [-0.15, -0.1) is 0 Å². The van der Waals surface area contributed by atoms with Crippen LogP contribution in [-0.2, 0) is 0 Å². The highest BCUT2D eigenvalue weighted by Crippen LogP contribution is 2.29. The molecular weight excluding hydrogens is 181 g/mol. The van der Waals surface area contributed by atoms with Crippen molar-refractivity contribution in [2.24, 2.45) is 0 Å². The van der Waals surface area contributed by atoms with Gasteiger partial charge in [-0.05, 0) is 31.5 Å². The van der Waals surface area contributed by atoms with Gasteiger partial charge in [0, 0.05) is 12.7 Å². The standard InChI is InChI=1S/C10H14FN3/c1-12-14-4-2-3-10(14)8-5-9(11)7-13-6-8/h5-7,10,12H,2-4H2,1H3. The van der Waals surface area contributed by atoms with E-state index in [2.05, 4.69) is 15.4 Å². The lowest BCUT2D eigenvalue weighted by molar-refractivity contribution is 0.190. The Hall–Kier alpha value is -1.00. The highest BCUT2D eigenvalue weighted by atomic mass is 19.1. The molecule has 1 atom stereocenters. The highest BCUT2D eigenvalue weighted by Gasteiger charge is 2.25. The minimum Gasteiger partial charge on any atom is -0.261 e. The molecule has 0 radical (unpaired) electrons. The van der Waals surface area contributed by atoms with Crippen LogP contribution < -0.4 is 5.43 Å². The number of hydrogen-bond donors (Lipinski definition) is 1. The molecule has 4 heteroatoms. The van der Waals surface area contributed by atoms with E-state index < -0.39 is 0 Å². The second kappa shape index (κ2) is 4.02. The first-order valence-corrected chi connectivity index (χ1v) is 4.86. The number of aromatic nitrogens is 1. The highest BCUT2D eigenvalue weighted by molar-refractivity contribution is 5.16. The smallest absolute Gasteiger partial charge is 0.141 e. The Morgan fingerprint density at radius 1 is 1.57 bits per heavy atom. The summed E-state index contributed by atoms with van der Waals surface area (Å²) in [7, 11) is 1.89. The van der Waals surface area contributed by atoms with Gasteiger partial charge in [-0.3, -0.25) is 10.4 Å². The first kappa shape index (κ1) is 9.55. The minimum atomic E-state index is -0.259. The Bertz CT molecular complexity index is 316. The predicted octanol–water partition coefficient (Wildman–Crippen LogP) is 1.49. The van der Waals surface area contributed by atoms with Crippen LogP contribution in [0.3, 0.4) is 0 Å². The van der Waals surface area contributed by atoms with Crippen LogP contribution in [0.25, 0.3) is 0 Å². The average Bonchev–Trinajstić information content (AvgIpc) is 2.65. The lowest BCUT2D eigenvalue weighted by Crippen LogP contribution is -2.34. The number of pyridine rings is 1. The lowest BCUT2D eigenvalue weighted by Gasteiger charge is -2.23. The molecule has 2 heterocycles. The van der Waals surface area contributed by atoms with Crippen molar-refractivity contribution >= 4 is 0 Å². The van der Waals surface area contributed by atoms with E-state index >= 15 is 0 Å². The number of hydrazine groups is 1. The SMILES string of the molecule is CNN1CCCC1c1cncc(F)c1. The van der Waals surface area contributed by atoms with Crippen molar-refractivity contribution in [1.82, 2.24) is 15.4 Å². The van der Waals surface area contributed by atoms with Gasteiger partial charge in [-0.25, -0.2) is 9.40 Å². The van der Waals surface area contributed by atoms with Crippen molar-refractivity contribution in [2.45, 2.75) is 18.9 Å². The molecule has 0 saturated carbocycles. The lowest BCUT2D eigenvalue weighted by atomic mass is 10.1. The van der Waals surface area contributed by atoms with Crippen LogP contribution >= 0.6 is 0 Å². The summed E-state index contributed by atoms with van der Waals surface area (Å²) in [4.78, 5) is 3.87. The number of halogens is 1. The molecule has 1 aromatic heterocycles. The van der Waals surface area contributed by atoms with Crippen molar-refractivity contribution in [3.8, 4) is 0 Å². The quantitative estimate of drug-likeness (QED) is 0.775. The average molecular weight is 195 g/mol. The second-order valence-corrected chi connectivity index (χ2v) is 3.51. The van der Waals surface area contributed by atoms with Crippen LogP contribution in [0.15, 0.2) is 18.5 Å². The van der Waals surface area contributed by atoms with Crippen LogP contribution in [0.1, 0.15) is 24.4 Å². The molecule has 2 rings (SSSR count). The largest absolute Gasteiger partial charge is 0.261 e. The second-order valence-electron chi connectivity index (χ2n) is 3.51. The maximum absolute atomic E-state index is 13.0. The molecule has 3 nitrogen and oxygen atoms in total. The third kappa shape index (κ3) is 1.76. The van der Waals surface area contributed by atoms with E-state index in [9.17, 15) is 4.39 Å². The summed E-state index contributed by atoms with van der Waals surface area (Å²) in [6.45, 7) is 1.01. The molecule has 0 amide bonds. The monoisotopic (exact) mass is 195 g/mol. The molecule has 1 saturated heterocycles. The Morgan fingerprint density at radius 3 is 3.14 bits per heavy atom. The third-order valence-electron chi connectivity index (χ3n) is 2.65. The Morgan fingerprint density at radius 2 is 2.43 bits per heavy atom. The number of nitrogens with zero attached hydrogens (tertiary/aromatic N) is 2. The molecule has 1 fully saturated rings. The first-order chi connectivity index (χ1) is 6.81. The summed E-state index contributed by atoms with van der Waals surface area (Å²) in [5.41, 5.74) is 4.07. The number of hydrogen-bond acceptors (Lipinski definition) is 3. The van der Waals surface area contributed by atoms with Gasteiger partial charge < -0.3 is 0 Å². The van der Waals surface area contributed by atoms with Crippen molar-refractivity contribution in [1.29, 1.82) is 0 Å². The van der Waals surface area contributed by atoms with E-state index in [0.29, 0.717) is 0 Å². The molecule has 0 aliphatic carbocycles. The minimum absolute atomic E-state index is 0.259. The summed E-state index contributed by atoms with van der Waals surface area (Å²) >= 11 is 0. The van der Waals surface area contributed by atoms with E-state index in [1.807, 2.05) is 7.05 Å².